The Bertz CT molecular complexity index is 316. The van der Waals surface area contributed by atoms with Gasteiger partial charge in [-0.3, -0.25) is 4.79 Å². The summed E-state index contributed by atoms with van der Waals surface area (Å²) in [6.45, 7) is -0.974. The van der Waals surface area contributed by atoms with Crippen LogP contribution in [0.2, 0.25) is 0 Å². The summed E-state index contributed by atoms with van der Waals surface area (Å²) in [5.41, 5.74) is 0.671. The molecule has 0 aliphatic rings. The lowest BCUT2D eigenvalue weighted by atomic mass is 10.3. The number of amides is 1. The van der Waals surface area contributed by atoms with Crippen molar-refractivity contribution in [2.24, 2.45) is 0 Å². The van der Waals surface area contributed by atoms with Crippen molar-refractivity contribution in [3.63, 3.8) is 0 Å². The third-order valence-electron chi connectivity index (χ3n) is 1.70. The molecule has 0 N–H and O–H groups in total. The van der Waals surface area contributed by atoms with Crippen molar-refractivity contribution in [3.8, 4) is 0 Å². The molecule has 2 nitrogen and oxygen atoms in total. The largest absolute Gasteiger partial charge is 0.312 e. The van der Waals surface area contributed by atoms with E-state index in [4.69, 9.17) is 0 Å². The quantitative estimate of drug-likeness (QED) is 0.784. The van der Waals surface area contributed by atoms with Crippen LogP contribution in [-0.2, 0) is 4.79 Å². The van der Waals surface area contributed by atoms with Crippen LogP contribution >= 0.6 is 15.9 Å². The Hall–Kier alpha value is -0.900. The Morgan fingerprint density at radius 1 is 1.54 bits per heavy atom. The zero-order valence-electron chi connectivity index (χ0n) is 7.13. The maximum atomic E-state index is 12.0. The average Bonchev–Trinajstić information content (AvgIpc) is 2.16. The molecule has 0 heterocycles. The Morgan fingerprint density at radius 2 is 2.15 bits per heavy atom. The van der Waals surface area contributed by atoms with E-state index in [-0.39, 0.29) is 0 Å². The van der Waals surface area contributed by atoms with Gasteiger partial charge in [0.15, 0.2) is 6.67 Å². The molecule has 1 aromatic rings. The minimum absolute atomic E-state index is 0.549. The van der Waals surface area contributed by atoms with Crippen LogP contribution in [-0.4, -0.2) is 19.6 Å². The first kappa shape index (κ1) is 10.2. The highest BCUT2D eigenvalue weighted by Gasteiger charge is 2.11. The summed E-state index contributed by atoms with van der Waals surface area (Å²) in [6.07, 6.45) is 0. The van der Waals surface area contributed by atoms with Gasteiger partial charge in [-0.1, -0.05) is 12.1 Å². The first-order chi connectivity index (χ1) is 6.16. The van der Waals surface area contributed by atoms with Crippen LogP contribution in [0.1, 0.15) is 0 Å². The maximum absolute atomic E-state index is 12.0. The molecule has 0 aromatic heterocycles. The summed E-state index contributed by atoms with van der Waals surface area (Å²) in [6, 6.07) is 7.18. The summed E-state index contributed by atoms with van der Waals surface area (Å²) in [4.78, 5) is 12.3. The molecular formula is C9H9BrFNO. The van der Waals surface area contributed by atoms with Crippen molar-refractivity contribution in [1.82, 2.24) is 0 Å². The molecule has 1 amide bonds. The second-order valence-electron chi connectivity index (χ2n) is 2.54. The summed E-state index contributed by atoms with van der Waals surface area (Å²) in [5.74, 6) is -0.549. The molecule has 70 valence electrons. The number of carbonyl (C=O) groups is 1. The fraction of sp³-hybridized carbons (Fsp3) is 0.222. The smallest absolute Gasteiger partial charge is 0.258 e. The Balaban J connectivity index is 2.95. The standard InChI is InChI=1S/C9H9BrFNO/c1-12(9(13)6-11)8-5-3-2-4-7(8)10/h2-5H,6H2,1H3. The molecule has 0 aliphatic carbocycles. The van der Waals surface area contributed by atoms with E-state index < -0.39 is 12.6 Å². The first-order valence-electron chi connectivity index (χ1n) is 3.74. The number of halogens is 2. The van der Waals surface area contributed by atoms with E-state index in [1.807, 2.05) is 6.07 Å². The fourth-order valence-electron chi connectivity index (χ4n) is 0.948. The predicted octanol–water partition coefficient (Wildman–Crippen LogP) is 2.38. The van der Waals surface area contributed by atoms with Crippen LogP contribution in [0.25, 0.3) is 0 Å². The second kappa shape index (κ2) is 4.37. The van der Waals surface area contributed by atoms with Gasteiger partial charge < -0.3 is 4.90 Å². The Morgan fingerprint density at radius 3 is 2.69 bits per heavy atom. The van der Waals surface area contributed by atoms with Gasteiger partial charge in [0.05, 0.1) is 5.69 Å². The highest BCUT2D eigenvalue weighted by Crippen LogP contribution is 2.24. The molecule has 0 saturated heterocycles. The highest BCUT2D eigenvalue weighted by molar-refractivity contribution is 9.10. The molecule has 0 radical (unpaired) electrons. The number of para-hydroxylation sites is 1. The number of rotatable bonds is 2. The Kier molecular flexibility index (Phi) is 3.42. The average molecular weight is 246 g/mol. The minimum atomic E-state index is -0.974. The zero-order chi connectivity index (χ0) is 9.84. The first-order valence-corrected chi connectivity index (χ1v) is 4.53. The van der Waals surface area contributed by atoms with E-state index in [0.717, 1.165) is 4.47 Å². The van der Waals surface area contributed by atoms with Crippen LogP contribution in [0.5, 0.6) is 0 Å². The fourth-order valence-corrected chi connectivity index (χ4v) is 1.50. The molecule has 0 bridgehead atoms. The molecular weight excluding hydrogens is 237 g/mol. The predicted molar refractivity (Wildman–Crippen MR) is 53.5 cm³/mol. The molecule has 0 fully saturated rings. The molecule has 0 aliphatic heterocycles. The van der Waals surface area contributed by atoms with E-state index in [1.54, 1.807) is 25.2 Å². The van der Waals surface area contributed by atoms with E-state index in [2.05, 4.69) is 15.9 Å². The molecule has 0 spiro atoms. The second-order valence-corrected chi connectivity index (χ2v) is 3.39. The van der Waals surface area contributed by atoms with E-state index in [9.17, 15) is 9.18 Å². The van der Waals surface area contributed by atoms with Crippen molar-refractivity contribution >= 4 is 27.5 Å². The van der Waals surface area contributed by atoms with Gasteiger partial charge in [-0.15, -0.1) is 0 Å². The van der Waals surface area contributed by atoms with Crippen LogP contribution in [0, 0.1) is 0 Å². The molecule has 1 rings (SSSR count). The highest BCUT2D eigenvalue weighted by atomic mass is 79.9. The summed E-state index contributed by atoms with van der Waals surface area (Å²) in [7, 11) is 1.54. The van der Waals surface area contributed by atoms with Crippen LogP contribution in [0.15, 0.2) is 28.7 Å². The monoisotopic (exact) mass is 245 g/mol. The van der Waals surface area contributed by atoms with Gasteiger partial charge in [0.2, 0.25) is 0 Å². The van der Waals surface area contributed by atoms with Gasteiger partial charge in [0.1, 0.15) is 0 Å². The maximum Gasteiger partial charge on any atom is 0.258 e. The summed E-state index contributed by atoms with van der Waals surface area (Å²) >= 11 is 3.28. The molecule has 13 heavy (non-hydrogen) atoms. The van der Waals surface area contributed by atoms with E-state index >= 15 is 0 Å². The van der Waals surface area contributed by atoms with Gasteiger partial charge in [-0.05, 0) is 28.1 Å². The Labute approximate surface area is 84.5 Å². The molecule has 0 atom stereocenters. The SMILES string of the molecule is CN(C(=O)CF)c1ccccc1Br. The molecule has 0 saturated carbocycles. The number of alkyl halides is 1. The number of anilines is 1. The summed E-state index contributed by atoms with van der Waals surface area (Å²) < 4.78 is 12.8. The molecule has 1 aromatic carbocycles. The van der Waals surface area contributed by atoms with Crippen molar-refractivity contribution in [2.75, 3.05) is 18.6 Å². The number of carbonyl (C=O) groups excluding carboxylic acids is 1. The van der Waals surface area contributed by atoms with Gasteiger partial charge >= 0.3 is 0 Å². The number of nitrogens with zero attached hydrogens (tertiary/aromatic N) is 1. The number of hydrogen-bond donors (Lipinski definition) is 0. The van der Waals surface area contributed by atoms with Gasteiger partial charge in [0, 0.05) is 11.5 Å². The van der Waals surface area contributed by atoms with Crippen LogP contribution < -0.4 is 4.90 Å². The topological polar surface area (TPSA) is 20.3 Å². The van der Waals surface area contributed by atoms with Crippen molar-refractivity contribution in [2.45, 2.75) is 0 Å². The minimum Gasteiger partial charge on any atom is -0.312 e. The lowest BCUT2D eigenvalue weighted by molar-refractivity contribution is -0.119. The van der Waals surface area contributed by atoms with E-state index in [1.165, 1.54) is 4.90 Å². The third kappa shape index (κ3) is 2.28. The lowest BCUT2D eigenvalue weighted by Gasteiger charge is -2.16. The van der Waals surface area contributed by atoms with Crippen molar-refractivity contribution in [3.05, 3.63) is 28.7 Å². The number of benzene rings is 1. The van der Waals surface area contributed by atoms with Crippen LogP contribution in [0.4, 0.5) is 10.1 Å². The van der Waals surface area contributed by atoms with Gasteiger partial charge in [-0.2, -0.15) is 0 Å². The normalized spacial score (nSPS) is 9.77. The summed E-state index contributed by atoms with van der Waals surface area (Å²) in [5, 5.41) is 0. The number of hydrogen-bond acceptors (Lipinski definition) is 1. The molecule has 4 heteroatoms. The van der Waals surface area contributed by atoms with E-state index in [0.29, 0.717) is 5.69 Å². The van der Waals surface area contributed by atoms with Gasteiger partial charge in [-0.25, -0.2) is 4.39 Å². The zero-order valence-corrected chi connectivity index (χ0v) is 8.71. The van der Waals surface area contributed by atoms with Crippen LogP contribution in [0.3, 0.4) is 0 Å². The van der Waals surface area contributed by atoms with Crippen molar-refractivity contribution in [1.29, 1.82) is 0 Å². The lowest BCUT2D eigenvalue weighted by Crippen LogP contribution is -2.27. The van der Waals surface area contributed by atoms with Crippen molar-refractivity contribution < 1.29 is 9.18 Å². The third-order valence-corrected chi connectivity index (χ3v) is 2.37. The molecule has 0 unspecified atom stereocenters. The van der Waals surface area contributed by atoms with Gasteiger partial charge in [0.25, 0.3) is 5.91 Å².